The van der Waals surface area contributed by atoms with Crippen molar-refractivity contribution in [1.82, 2.24) is 4.90 Å². The van der Waals surface area contributed by atoms with E-state index in [-0.39, 0.29) is 11.4 Å². The number of piperidine rings is 1. The highest BCUT2D eigenvalue weighted by molar-refractivity contribution is 5.96. The van der Waals surface area contributed by atoms with E-state index in [2.05, 4.69) is 28.4 Å². The van der Waals surface area contributed by atoms with Crippen LogP contribution in [-0.2, 0) is 14.9 Å². The van der Waals surface area contributed by atoms with Gasteiger partial charge in [-0.3, -0.25) is 4.90 Å². The average molecular weight is 391 g/mol. The Morgan fingerprint density at radius 3 is 2.83 bits per heavy atom. The number of benzene rings is 1. The van der Waals surface area contributed by atoms with E-state index < -0.39 is 16.5 Å². The number of esters is 1. The van der Waals surface area contributed by atoms with Gasteiger partial charge < -0.3 is 14.8 Å². The van der Waals surface area contributed by atoms with Crippen molar-refractivity contribution >= 4 is 11.7 Å². The number of rotatable bonds is 2. The predicted octanol–water partition coefficient (Wildman–Crippen LogP) is 2.75. The van der Waals surface area contributed by atoms with Gasteiger partial charge in [0.05, 0.1) is 36.8 Å². The zero-order valence-corrected chi connectivity index (χ0v) is 16.9. The molecule has 1 N–H and O–H groups in total. The zero-order chi connectivity index (χ0) is 20.1. The van der Waals surface area contributed by atoms with Crippen LogP contribution in [0.5, 0.6) is 5.75 Å². The van der Waals surface area contributed by atoms with Gasteiger partial charge in [0.25, 0.3) is 0 Å². The predicted molar refractivity (Wildman–Crippen MR) is 107 cm³/mol. The largest absolute Gasteiger partial charge is 0.497 e. The molecule has 3 aliphatic carbocycles. The van der Waals surface area contributed by atoms with E-state index in [9.17, 15) is 10.1 Å². The van der Waals surface area contributed by atoms with Gasteiger partial charge in [0, 0.05) is 17.6 Å². The molecule has 6 heteroatoms. The van der Waals surface area contributed by atoms with E-state index in [1.165, 1.54) is 7.11 Å². The highest BCUT2D eigenvalue weighted by Crippen LogP contribution is 2.76. The van der Waals surface area contributed by atoms with Gasteiger partial charge in [0.2, 0.25) is 0 Å². The Morgan fingerprint density at radius 2 is 2.07 bits per heavy atom. The number of nitrogens with one attached hydrogen (secondary N) is 1. The second kappa shape index (κ2) is 5.14. The summed E-state index contributed by atoms with van der Waals surface area (Å²) in [6.45, 7) is 1.81. The van der Waals surface area contributed by atoms with Gasteiger partial charge in [-0.15, -0.1) is 0 Å². The molecule has 0 radical (unpaired) electrons. The maximum absolute atomic E-state index is 13.1. The van der Waals surface area contributed by atoms with Crippen LogP contribution >= 0.6 is 0 Å². The first-order valence-electron chi connectivity index (χ1n) is 10.5. The Bertz CT molecular complexity index is 1030. The van der Waals surface area contributed by atoms with Crippen molar-refractivity contribution in [2.75, 3.05) is 32.6 Å². The molecule has 0 amide bonds. The summed E-state index contributed by atoms with van der Waals surface area (Å²) in [6, 6.07) is 8.95. The second-order valence-corrected chi connectivity index (χ2v) is 9.22. The Kier molecular flexibility index (Phi) is 3.08. The van der Waals surface area contributed by atoms with Crippen molar-refractivity contribution in [3.63, 3.8) is 0 Å². The minimum Gasteiger partial charge on any atom is -0.497 e. The molecular weight excluding hydrogens is 366 g/mol. The van der Waals surface area contributed by atoms with Crippen molar-refractivity contribution in [2.45, 2.75) is 48.6 Å². The van der Waals surface area contributed by atoms with Crippen molar-refractivity contribution in [2.24, 2.45) is 5.41 Å². The topological polar surface area (TPSA) is 74.6 Å². The summed E-state index contributed by atoms with van der Waals surface area (Å²) in [5.74, 6) is 0.518. The van der Waals surface area contributed by atoms with Crippen LogP contribution in [0.15, 0.2) is 29.8 Å². The Balaban J connectivity index is 1.75. The number of nitrogens with zero attached hydrogens (tertiary/aromatic N) is 2. The van der Waals surface area contributed by atoms with Gasteiger partial charge >= 0.3 is 5.97 Å². The van der Waals surface area contributed by atoms with Crippen LogP contribution in [0.1, 0.15) is 37.7 Å². The molecule has 3 heterocycles. The molecule has 6 nitrogen and oxygen atoms in total. The van der Waals surface area contributed by atoms with Crippen LogP contribution in [0.25, 0.3) is 0 Å². The van der Waals surface area contributed by atoms with Crippen LogP contribution < -0.4 is 10.1 Å². The molecule has 1 aromatic rings. The minimum atomic E-state index is -0.654. The standard InChI is InChI=1S/C23H25N3O3/c1-28-15-4-5-18-16(12-15)21-9-11-26-10-3-6-20(23(21,26)14-24)7-8-22(21,25-18)17(13-20)19(27)29-2/h4-5,12-13,25H,3,6-11H2,1-2H3/t20-,21+,22-,23+/m1/s1. The molecule has 3 aliphatic heterocycles. The number of carbonyl (C=O) groups excluding carboxylic acids is 1. The Hall–Kier alpha value is -2.52. The summed E-state index contributed by atoms with van der Waals surface area (Å²) < 4.78 is 10.8. The molecule has 1 saturated carbocycles. The number of ether oxygens (including phenoxy) is 2. The molecule has 7 rings (SSSR count). The van der Waals surface area contributed by atoms with Gasteiger partial charge in [0.1, 0.15) is 11.3 Å². The first-order chi connectivity index (χ1) is 14.0. The number of hydrogen-bond acceptors (Lipinski definition) is 6. The van der Waals surface area contributed by atoms with Crippen molar-refractivity contribution in [1.29, 1.82) is 5.26 Å². The molecule has 0 aromatic heterocycles. The molecule has 2 saturated heterocycles. The molecular formula is C23H25N3O3. The molecule has 0 unspecified atom stereocenters. The van der Waals surface area contributed by atoms with Crippen molar-refractivity contribution in [3.05, 3.63) is 35.4 Å². The number of carbonyl (C=O) groups is 1. The van der Waals surface area contributed by atoms with Crippen LogP contribution in [0.2, 0.25) is 0 Å². The SMILES string of the molecule is COC(=O)C1=C[C@@]23CCCN4CC[C@@]5(c6cc(OC)ccc6N[C@]15CC2)[C@@]43C#N. The van der Waals surface area contributed by atoms with Crippen LogP contribution in [0.4, 0.5) is 5.69 Å². The summed E-state index contributed by atoms with van der Waals surface area (Å²) >= 11 is 0. The Labute approximate surface area is 170 Å². The van der Waals surface area contributed by atoms with Gasteiger partial charge in [-0.2, -0.15) is 5.26 Å². The fraction of sp³-hybridized carbons (Fsp3) is 0.565. The van der Waals surface area contributed by atoms with Gasteiger partial charge in [0.15, 0.2) is 0 Å². The van der Waals surface area contributed by atoms with Gasteiger partial charge in [-0.05, 0) is 62.4 Å². The molecule has 6 aliphatic rings. The van der Waals surface area contributed by atoms with Crippen molar-refractivity contribution < 1.29 is 14.3 Å². The lowest BCUT2D eigenvalue weighted by atomic mass is 9.37. The summed E-state index contributed by atoms with van der Waals surface area (Å²) in [4.78, 5) is 15.5. The lowest BCUT2D eigenvalue weighted by Crippen LogP contribution is -2.79. The molecule has 29 heavy (non-hydrogen) atoms. The first-order valence-corrected chi connectivity index (χ1v) is 10.5. The van der Waals surface area contributed by atoms with Crippen molar-refractivity contribution in [3.8, 4) is 11.8 Å². The highest BCUT2D eigenvalue weighted by atomic mass is 16.5. The summed E-state index contributed by atoms with van der Waals surface area (Å²) in [5, 5.41) is 14.6. The summed E-state index contributed by atoms with van der Waals surface area (Å²) in [6.07, 6.45) is 6.73. The van der Waals surface area contributed by atoms with E-state index in [1.54, 1.807) is 7.11 Å². The van der Waals surface area contributed by atoms with E-state index in [1.807, 2.05) is 12.1 Å². The number of fused-ring (bicyclic) bond motifs is 2. The van der Waals surface area contributed by atoms with E-state index in [4.69, 9.17) is 9.47 Å². The van der Waals surface area contributed by atoms with Gasteiger partial charge in [-0.25, -0.2) is 4.79 Å². The fourth-order valence-corrected chi connectivity index (χ4v) is 7.93. The third-order valence-electron chi connectivity index (χ3n) is 8.78. The molecule has 1 aromatic carbocycles. The Morgan fingerprint density at radius 1 is 1.21 bits per heavy atom. The second-order valence-electron chi connectivity index (χ2n) is 9.22. The molecule has 150 valence electrons. The normalized spacial score (nSPS) is 40.8. The van der Waals surface area contributed by atoms with E-state index in [0.29, 0.717) is 0 Å². The van der Waals surface area contributed by atoms with Crippen LogP contribution in [0, 0.1) is 16.7 Å². The summed E-state index contributed by atoms with van der Waals surface area (Å²) in [7, 11) is 3.13. The smallest absolute Gasteiger partial charge is 0.335 e. The van der Waals surface area contributed by atoms with Crippen LogP contribution in [0.3, 0.4) is 0 Å². The summed E-state index contributed by atoms with van der Waals surface area (Å²) in [5.41, 5.74) is 0.776. The quantitative estimate of drug-likeness (QED) is 0.782. The minimum absolute atomic E-state index is 0.272. The number of anilines is 1. The third kappa shape index (κ3) is 1.51. The monoisotopic (exact) mass is 391 g/mol. The highest BCUT2D eigenvalue weighted by Gasteiger charge is 2.84. The average Bonchev–Trinajstić information content (AvgIpc) is 3.27. The number of nitriles is 1. The third-order valence-corrected chi connectivity index (χ3v) is 8.78. The maximum Gasteiger partial charge on any atom is 0.335 e. The van der Waals surface area contributed by atoms with Crippen LogP contribution in [-0.4, -0.2) is 49.3 Å². The molecule has 3 fully saturated rings. The van der Waals surface area contributed by atoms with E-state index in [0.717, 1.165) is 67.8 Å². The first kappa shape index (κ1) is 17.3. The maximum atomic E-state index is 13.1. The zero-order valence-electron chi connectivity index (χ0n) is 16.9. The molecule has 3 spiro atoms. The molecule has 2 bridgehead atoms. The van der Waals surface area contributed by atoms with E-state index >= 15 is 0 Å². The van der Waals surface area contributed by atoms with Gasteiger partial charge in [-0.1, -0.05) is 6.08 Å². The number of hydrogen-bond donors (Lipinski definition) is 1. The lowest BCUT2D eigenvalue weighted by Gasteiger charge is -2.69. The lowest BCUT2D eigenvalue weighted by molar-refractivity contribution is -0.140. The molecule has 4 atom stereocenters. The fourth-order valence-electron chi connectivity index (χ4n) is 7.93. The number of methoxy groups -OCH3 is 2.